The molecule has 2 saturated heterocycles. The monoisotopic (exact) mass is 398 g/mol. The van der Waals surface area contributed by atoms with Crippen LogP contribution in [0, 0.1) is 11.3 Å². The molecule has 6 heteroatoms. The summed E-state index contributed by atoms with van der Waals surface area (Å²) in [6.07, 6.45) is -1.42. The summed E-state index contributed by atoms with van der Waals surface area (Å²) in [4.78, 5) is 0. The van der Waals surface area contributed by atoms with E-state index in [4.69, 9.17) is 18.6 Å². The van der Waals surface area contributed by atoms with Crippen LogP contribution >= 0.6 is 0 Å². The number of rotatable bonds is 3. The molecule has 3 rings (SSSR count). The summed E-state index contributed by atoms with van der Waals surface area (Å²) in [6.45, 7) is 24.2. The molecule has 1 saturated carbocycles. The zero-order valence-electron chi connectivity index (χ0n) is 18.5. The highest BCUT2D eigenvalue weighted by molar-refractivity contribution is 6.74. The van der Waals surface area contributed by atoms with Gasteiger partial charge in [-0.25, -0.2) is 0 Å². The van der Waals surface area contributed by atoms with Crippen molar-refractivity contribution in [3.63, 3.8) is 0 Å². The van der Waals surface area contributed by atoms with Gasteiger partial charge in [0.05, 0.1) is 24.7 Å². The first-order valence-corrected chi connectivity index (χ1v) is 13.0. The van der Waals surface area contributed by atoms with E-state index in [1.165, 1.54) is 0 Å². The Bertz CT molecular complexity index is 625. The first-order chi connectivity index (χ1) is 12.1. The SMILES string of the molecule is C=C(C)[C@H]1[C@@H](O[Si](C)(C)C(C)(C)C)[C@H](O)[C@@]2(C)OC[C@@]13COC(C)(C)O[C@@H]32. The number of ether oxygens (including phenoxy) is 3. The largest absolute Gasteiger partial charge is 0.411 e. The molecule has 6 atom stereocenters. The number of hydrogen-bond donors (Lipinski definition) is 1. The zero-order valence-corrected chi connectivity index (χ0v) is 19.5. The first kappa shape index (κ1) is 21.5. The summed E-state index contributed by atoms with van der Waals surface area (Å²) in [7, 11) is -2.11. The Balaban J connectivity index is 2.06. The van der Waals surface area contributed by atoms with Crippen LogP contribution < -0.4 is 0 Å². The molecule has 0 aromatic heterocycles. The molecule has 0 amide bonds. The van der Waals surface area contributed by atoms with Gasteiger partial charge < -0.3 is 23.7 Å². The number of aliphatic hydroxyl groups is 1. The van der Waals surface area contributed by atoms with Crippen LogP contribution in [-0.2, 0) is 18.6 Å². The molecular weight excluding hydrogens is 360 g/mol. The van der Waals surface area contributed by atoms with E-state index in [9.17, 15) is 5.11 Å². The van der Waals surface area contributed by atoms with Crippen molar-refractivity contribution in [3.8, 4) is 0 Å². The second kappa shape index (κ2) is 6.13. The van der Waals surface area contributed by atoms with E-state index in [-0.39, 0.29) is 28.6 Å². The van der Waals surface area contributed by atoms with E-state index in [0.29, 0.717) is 13.2 Å². The highest BCUT2D eigenvalue weighted by atomic mass is 28.4. The molecule has 3 aliphatic rings. The van der Waals surface area contributed by atoms with Crippen molar-refractivity contribution in [1.29, 1.82) is 0 Å². The summed E-state index contributed by atoms with van der Waals surface area (Å²) >= 11 is 0. The van der Waals surface area contributed by atoms with Gasteiger partial charge in [-0.3, -0.25) is 0 Å². The smallest absolute Gasteiger partial charge is 0.192 e. The quantitative estimate of drug-likeness (QED) is 0.578. The Kier molecular flexibility index (Phi) is 4.87. The van der Waals surface area contributed by atoms with Crippen molar-refractivity contribution in [2.45, 2.75) is 96.3 Å². The molecule has 0 radical (unpaired) electrons. The molecule has 3 fully saturated rings. The van der Waals surface area contributed by atoms with Crippen molar-refractivity contribution < 1.29 is 23.7 Å². The molecule has 156 valence electrons. The maximum absolute atomic E-state index is 11.5. The van der Waals surface area contributed by atoms with Crippen LogP contribution in [0.25, 0.3) is 0 Å². The van der Waals surface area contributed by atoms with Crippen LogP contribution in [0.3, 0.4) is 0 Å². The van der Waals surface area contributed by atoms with Gasteiger partial charge in [-0.1, -0.05) is 32.9 Å². The second-order valence-corrected chi connectivity index (χ2v) is 15.8. The lowest BCUT2D eigenvalue weighted by molar-refractivity contribution is -0.350. The third-order valence-electron chi connectivity index (χ3n) is 7.40. The van der Waals surface area contributed by atoms with Crippen molar-refractivity contribution in [1.82, 2.24) is 0 Å². The van der Waals surface area contributed by atoms with E-state index < -0.39 is 25.8 Å². The predicted octanol–water partition coefficient (Wildman–Crippen LogP) is 3.87. The minimum absolute atomic E-state index is 0.0449. The van der Waals surface area contributed by atoms with Crippen LogP contribution in [0.5, 0.6) is 0 Å². The van der Waals surface area contributed by atoms with Gasteiger partial charge in [0, 0.05) is 5.92 Å². The minimum Gasteiger partial charge on any atom is -0.411 e. The Hall–Kier alpha value is -0.243. The van der Waals surface area contributed by atoms with Gasteiger partial charge in [0.2, 0.25) is 0 Å². The lowest BCUT2D eigenvalue weighted by atomic mass is 9.57. The van der Waals surface area contributed by atoms with E-state index in [1.54, 1.807) is 0 Å². The summed E-state index contributed by atoms with van der Waals surface area (Å²) in [5.41, 5.74) is -0.218. The average molecular weight is 399 g/mol. The van der Waals surface area contributed by atoms with Crippen LogP contribution in [-0.4, -0.2) is 56.3 Å². The molecule has 27 heavy (non-hydrogen) atoms. The van der Waals surface area contributed by atoms with Crippen LogP contribution in [0.2, 0.25) is 18.1 Å². The zero-order chi connectivity index (χ0) is 20.6. The lowest BCUT2D eigenvalue weighted by Crippen LogP contribution is -2.72. The summed E-state index contributed by atoms with van der Waals surface area (Å²) in [6, 6.07) is 0. The lowest BCUT2D eigenvalue weighted by Gasteiger charge is -2.59. The maximum atomic E-state index is 11.5. The molecule has 0 aromatic rings. The number of aliphatic hydroxyl groups excluding tert-OH is 1. The second-order valence-electron chi connectivity index (χ2n) is 11.0. The Morgan fingerprint density at radius 2 is 1.70 bits per heavy atom. The Labute approximate surface area is 165 Å². The van der Waals surface area contributed by atoms with E-state index in [2.05, 4.69) is 40.4 Å². The summed E-state index contributed by atoms with van der Waals surface area (Å²) in [5, 5.41) is 11.5. The van der Waals surface area contributed by atoms with Crippen LogP contribution in [0.4, 0.5) is 0 Å². The molecule has 0 spiro atoms. The highest BCUT2D eigenvalue weighted by Crippen LogP contribution is 2.60. The van der Waals surface area contributed by atoms with Gasteiger partial charge >= 0.3 is 0 Å². The normalized spacial score (nSPS) is 44.1. The molecule has 0 aromatic carbocycles. The summed E-state index contributed by atoms with van der Waals surface area (Å²) < 4.78 is 25.5. The summed E-state index contributed by atoms with van der Waals surface area (Å²) in [5.74, 6) is -0.784. The van der Waals surface area contributed by atoms with Crippen LogP contribution in [0.15, 0.2) is 12.2 Å². The molecule has 2 bridgehead atoms. The van der Waals surface area contributed by atoms with E-state index in [0.717, 1.165) is 5.57 Å². The van der Waals surface area contributed by atoms with Crippen molar-refractivity contribution in [2.75, 3.05) is 13.2 Å². The maximum Gasteiger partial charge on any atom is 0.192 e. The van der Waals surface area contributed by atoms with Gasteiger partial charge in [-0.2, -0.15) is 0 Å². The van der Waals surface area contributed by atoms with Gasteiger partial charge in [0.15, 0.2) is 14.1 Å². The molecule has 1 N–H and O–H groups in total. The fraction of sp³-hybridized carbons (Fsp3) is 0.905. The van der Waals surface area contributed by atoms with Crippen molar-refractivity contribution in [3.05, 3.63) is 12.2 Å². The Morgan fingerprint density at radius 1 is 1.15 bits per heavy atom. The molecule has 2 aliphatic heterocycles. The first-order valence-electron chi connectivity index (χ1n) is 10.0. The fourth-order valence-corrected chi connectivity index (χ4v) is 6.13. The van der Waals surface area contributed by atoms with E-state index >= 15 is 0 Å². The molecular formula is C21H38O5Si. The molecule has 5 nitrogen and oxygen atoms in total. The molecule has 2 heterocycles. The van der Waals surface area contributed by atoms with Gasteiger partial charge in [-0.05, 0) is 45.8 Å². The standard InChI is InChI=1S/C21H38O5Si/c1-13(2)14-15(26-27(9,10)18(3,4)5)16(22)20(8)17-21(14,12-24-20)11-23-19(6,7)25-17/h14-17,22H,1,11-12H2,2-10H3/t14-,15+,16-,17+,20+,21-/m0/s1. The average Bonchev–Trinajstić information content (AvgIpc) is 2.73. The van der Waals surface area contributed by atoms with Crippen molar-refractivity contribution in [2.24, 2.45) is 11.3 Å². The molecule has 1 aliphatic carbocycles. The highest BCUT2D eigenvalue weighted by Gasteiger charge is 2.73. The predicted molar refractivity (Wildman–Crippen MR) is 108 cm³/mol. The van der Waals surface area contributed by atoms with Crippen molar-refractivity contribution >= 4 is 8.32 Å². The molecule has 0 unspecified atom stereocenters. The van der Waals surface area contributed by atoms with Gasteiger partial charge in [0.1, 0.15) is 17.8 Å². The topological polar surface area (TPSA) is 57.2 Å². The minimum atomic E-state index is -2.11. The Morgan fingerprint density at radius 3 is 2.22 bits per heavy atom. The van der Waals surface area contributed by atoms with Gasteiger partial charge in [-0.15, -0.1) is 0 Å². The fourth-order valence-electron chi connectivity index (χ4n) is 4.83. The van der Waals surface area contributed by atoms with Crippen LogP contribution in [0.1, 0.15) is 48.5 Å². The van der Waals surface area contributed by atoms with Gasteiger partial charge in [0.25, 0.3) is 0 Å². The number of hydrogen-bond acceptors (Lipinski definition) is 5. The van der Waals surface area contributed by atoms with E-state index in [1.807, 2.05) is 27.7 Å². The third-order valence-corrected chi connectivity index (χ3v) is 11.9. The third kappa shape index (κ3) is 3.07.